The minimum atomic E-state index is 0.651. The molecule has 1 aliphatic carbocycles. The molecule has 1 saturated carbocycles. The quantitative estimate of drug-likeness (QED) is 0.845. The van der Waals surface area contributed by atoms with E-state index >= 15 is 0 Å². The highest BCUT2D eigenvalue weighted by Gasteiger charge is 2.35. The third-order valence-corrected chi connectivity index (χ3v) is 4.74. The molecule has 1 fully saturated rings. The molecule has 1 aromatic rings. The van der Waals surface area contributed by atoms with Gasteiger partial charge in [0.05, 0.1) is 0 Å². The van der Waals surface area contributed by atoms with Crippen molar-refractivity contribution in [3.63, 3.8) is 0 Å². The monoisotopic (exact) mass is 222 g/mol. The first-order valence-electron chi connectivity index (χ1n) is 5.88. The van der Waals surface area contributed by atoms with Crippen molar-refractivity contribution in [1.29, 1.82) is 0 Å². The Labute approximate surface area is 95.1 Å². The van der Waals surface area contributed by atoms with E-state index in [1.165, 1.54) is 25.8 Å². The minimum Gasteiger partial charge on any atom is -0.329 e. The fourth-order valence-corrected chi connectivity index (χ4v) is 3.56. The van der Waals surface area contributed by atoms with Gasteiger partial charge in [-0.05, 0) is 42.2 Å². The van der Waals surface area contributed by atoms with Crippen LogP contribution in [-0.2, 0) is 13.0 Å². The van der Waals surface area contributed by atoms with Crippen molar-refractivity contribution in [2.24, 2.45) is 11.7 Å². The SMILES string of the molecule is NCC(C1CC1)N1CCc2sccc2C1. The molecule has 0 spiro atoms. The minimum absolute atomic E-state index is 0.651. The summed E-state index contributed by atoms with van der Waals surface area (Å²) in [6.07, 6.45) is 4.03. The molecule has 3 heteroatoms. The van der Waals surface area contributed by atoms with E-state index in [2.05, 4.69) is 16.3 Å². The maximum absolute atomic E-state index is 5.90. The van der Waals surface area contributed by atoms with E-state index in [0.717, 1.165) is 19.0 Å². The van der Waals surface area contributed by atoms with E-state index in [0.29, 0.717) is 6.04 Å². The Morgan fingerprint density at radius 1 is 1.53 bits per heavy atom. The number of fused-ring (bicyclic) bond motifs is 1. The lowest BCUT2D eigenvalue weighted by Crippen LogP contribution is -2.44. The van der Waals surface area contributed by atoms with E-state index < -0.39 is 0 Å². The summed E-state index contributed by atoms with van der Waals surface area (Å²) in [5, 5.41) is 2.22. The lowest BCUT2D eigenvalue weighted by molar-refractivity contribution is 0.165. The van der Waals surface area contributed by atoms with Gasteiger partial charge in [-0.1, -0.05) is 0 Å². The highest BCUT2D eigenvalue weighted by Crippen LogP contribution is 2.37. The average molecular weight is 222 g/mol. The second kappa shape index (κ2) is 3.89. The van der Waals surface area contributed by atoms with Crippen LogP contribution >= 0.6 is 11.3 Å². The number of thiophene rings is 1. The fourth-order valence-electron chi connectivity index (χ4n) is 2.67. The summed E-state index contributed by atoms with van der Waals surface area (Å²) in [5.74, 6) is 0.898. The Hall–Kier alpha value is -0.380. The Morgan fingerprint density at radius 3 is 3.13 bits per heavy atom. The molecule has 2 N–H and O–H groups in total. The summed E-state index contributed by atoms with van der Waals surface area (Å²) in [7, 11) is 0. The van der Waals surface area contributed by atoms with Gasteiger partial charge in [-0.15, -0.1) is 11.3 Å². The van der Waals surface area contributed by atoms with Gasteiger partial charge in [0.2, 0.25) is 0 Å². The topological polar surface area (TPSA) is 29.3 Å². The summed E-state index contributed by atoms with van der Waals surface area (Å²) < 4.78 is 0. The Kier molecular flexibility index (Phi) is 2.54. The van der Waals surface area contributed by atoms with Crippen molar-refractivity contribution in [3.8, 4) is 0 Å². The van der Waals surface area contributed by atoms with Gasteiger partial charge in [0, 0.05) is 30.6 Å². The van der Waals surface area contributed by atoms with Gasteiger partial charge >= 0.3 is 0 Å². The van der Waals surface area contributed by atoms with E-state index in [4.69, 9.17) is 5.73 Å². The number of nitrogens with two attached hydrogens (primary N) is 1. The molecule has 0 amide bonds. The van der Waals surface area contributed by atoms with Gasteiger partial charge in [0.25, 0.3) is 0 Å². The number of rotatable bonds is 3. The first kappa shape index (κ1) is 9.82. The second-order valence-corrected chi connectivity index (χ2v) is 5.73. The fraction of sp³-hybridized carbons (Fsp3) is 0.667. The normalized spacial score (nSPS) is 23.8. The van der Waals surface area contributed by atoms with Crippen LogP contribution < -0.4 is 5.73 Å². The van der Waals surface area contributed by atoms with Gasteiger partial charge < -0.3 is 5.73 Å². The Balaban J connectivity index is 1.74. The molecule has 0 saturated heterocycles. The molecule has 1 unspecified atom stereocenters. The largest absolute Gasteiger partial charge is 0.329 e. The van der Waals surface area contributed by atoms with E-state index in [1.54, 1.807) is 10.4 Å². The third kappa shape index (κ3) is 1.84. The van der Waals surface area contributed by atoms with Gasteiger partial charge in [-0.2, -0.15) is 0 Å². The molecule has 0 bridgehead atoms. The van der Waals surface area contributed by atoms with Gasteiger partial charge in [-0.3, -0.25) is 4.90 Å². The van der Waals surface area contributed by atoms with Crippen LogP contribution in [0.1, 0.15) is 23.3 Å². The molecule has 15 heavy (non-hydrogen) atoms. The van der Waals surface area contributed by atoms with Crippen molar-refractivity contribution in [2.45, 2.75) is 31.8 Å². The molecular formula is C12H18N2S. The zero-order valence-electron chi connectivity index (χ0n) is 8.98. The van der Waals surface area contributed by atoms with Crippen molar-refractivity contribution in [2.75, 3.05) is 13.1 Å². The molecule has 0 radical (unpaired) electrons. The van der Waals surface area contributed by atoms with Crippen LogP contribution in [0, 0.1) is 5.92 Å². The van der Waals surface area contributed by atoms with E-state index in [-0.39, 0.29) is 0 Å². The average Bonchev–Trinajstić information content (AvgIpc) is 2.97. The second-order valence-electron chi connectivity index (χ2n) is 4.73. The first-order valence-corrected chi connectivity index (χ1v) is 6.76. The third-order valence-electron chi connectivity index (χ3n) is 3.71. The van der Waals surface area contributed by atoms with Crippen LogP contribution in [0.15, 0.2) is 11.4 Å². The molecule has 1 aromatic heterocycles. The van der Waals surface area contributed by atoms with Crippen molar-refractivity contribution < 1.29 is 0 Å². The molecular weight excluding hydrogens is 204 g/mol. The summed E-state index contributed by atoms with van der Waals surface area (Å²) >= 11 is 1.91. The zero-order valence-corrected chi connectivity index (χ0v) is 9.80. The van der Waals surface area contributed by atoms with Crippen LogP contribution in [0.4, 0.5) is 0 Å². The predicted octanol–water partition coefficient (Wildman–Crippen LogP) is 1.84. The number of nitrogens with zero attached hydrogens (tertiary/aromatic N) is 1. The lowest BCUT2D eigenvalue weighted by atomic mass is 10.0. The summed E-state index contributed by atoms with van der Waals surface area (Å²) in [6, 6.07) is 2.94. The Bertz CT molecular complexity index is 343. The van der Waals surface area contributed by atoms with Crippen LogP contribution in [0.25, 0.3) is 0 Å². The number of hydrogen-bond donors (Lipinski definition) is 1. The number of hydrogen-bond acceptors (Lipinski definition) is 3. The van der Waals surface area contributed by atoms with Crippen molar-refractivity contribution in [1.82, 2.24) is 4.90 Å². The maximum atomic E-state index is 5.90. The predicted molar refractivity (Wildman–Crippen MR) is 64.0 cm³/mol. The summed E-state index contributed by atoms with van der Waals surface area (Å²) in [4.78, 5) is 4.20. The van der Waals surface area contributed by atoms with Crippen molar-refractivity contribution in [3.05, 3.63) is 21.9 Å². The molecule has 2 nitrogen and oxygen atoms in total. The zero-order chi connectivity index (χ0) is 10.3. The highest BCUT2D eigenvalue weighted by atomic mass is 32.1. The molecule has 1 atom stereocenters. The molecule has 1 aliphatic heterocycles. The molecule has 3 rings (SSSR count). The molecule has 0 aromatic carbocycles. The molecule has 82 valence electrons. The van der Waals surface area contributed by atoms with Crippen LogP contribution in [0.5, 0.6) is 0 Å². The standard InChI is InChI=1S/C12H18N2S/c13-7-11(9-1-2-9)14-5-3-12-10(8-14)4-6-15-12/h4,6,9,11H,1-3,5,7-8,13H2. The van der Waals surface area contributed by atoms with Crippen LogP contribution in [0.3, 0.4) is 0 Å². The first-order chi connectivity index (χ1) is 7.38. The summed E-state index contributed by atoms with van der Waals surface area (Å²) in [6.45, 7) is 3.19. The smallest absolute Gasteiger partial charge is 0.0250 e. The van der Waals surface area contributed by atoms with Crippen LogP contribution in [-0.4, -0.2) is 24.0 Å². The Morgan fingerprint density at radius 2 is 2.40 bits per heavy atom. The maximum Gasteiger partial charge on any atom is 0.0250 e. The van der Waals surface area contributed by atoms with Crippen molar-refractivity contribution >= 4 is 11.3 Å². The highest BCUT2D eigenvalue weighted by molar-refractivity contribution is 7.10. The molecule has 2 aliphatic rings. The van der Waals surface area contributed by atoms with Gasteiger partial charge in [-0.25, -0.2) is 0 Å². The van der Waals surface area contributed by atoms with Crippen LogP contribution in [0.2, 0.25) is 0 Å². The van der Waals surface area contributed by atoms with Gasteiger partial charge in [0.15, 0.2) is 0 Å². The lowest BCUT2D eigenvalue weighted by Gasteiger charge is -2.34. The molecule has 2 heterocycles. The van der Waals surface area contributed by atoms with E-state index in [9.17, 15) is 0 Å². The summed E-state index contributed by atoms with van der Waals surface area (Å²) in [5.41, 5.74) is 7.45. The van der Waals surface area contributed by atoms with E-state index in [1.807, 2.05) is 11.3 Å². The van der Waals surface area contributed by atoms with Gasteiger partial charge in [0.1, 0.15) is 0 Å².